The standard InChI is InChI=1S/C17H13BrN2O3S/c18-13-7-6-12(24-13)15-20-19-14(23-15)10-22-16(21)17(8-9-17)11-4-2-1-3-5-11/h1-7H,8-10H2. The molecule has 0 spiro atoms. The Morgan fingerprint density at radius 3 is 2.67 bits per heavy atom. The highest BCUT2D eigenvalue weighted by molar-refractivity contribution is 9.11. The molecule has 122 valence electrons. The molecule has 0 amide bonds. The number of ether oxygens (including phenoxy) is 1. The van der Waals surface area contributed by atoms with Crippen molar-refractivity contribution in [1.82, 2.24) is 10.2 Å². The Morgan fingerprint density at radius 1 is 1.21 bits per heavy atom. The maximum atomic E-state index is 12.5. The number of benzene rings is 1. The molecule has 0 saturated heterocycles. The largest absolute Gasteiger partial charge is 0.455 e. The number of nitrogens with zero attached hydrogens (tertiary/aromatic N) is 2. The fourth-order valence-corrected chi connectivity index (χ4v) is 3.91. The van der Waals surface area contributed by atoms with E-state index in [2.05, 4.69) is 26.1 Å². The Hall–Kier alpha value is -1.99. The van der Waals surface area contributed by atoms with Crippen molar-refractivity contribution in [2.24, 2.45) is 0 Å². The summed E-state index contributed by atoms with van der Waals surface area (Å²) in [6.07, 6.45) is 1.63. The van der Waals surface area contributed by atoms with Crippen molar-refractivity contribution in [2.75, 3.05) is 0 Å². The van der Waals surface area contributed by atoms with Crippen molar-refractivity contribution in [3.05, 3.63) is 57.7 Å². The van der Waals surface area contributed by atoms with E-state index in [0.717, 1.165) is 27.1 Å². The van der Waals surface area contributed by atoms with Crippen LogP contribution in [0.1, 0.15) is 24.3 Å². The third-order valence-corrected chi connectivity index (χ3v) is 5.66. The topological polar surface area (TPSA) is 65.2 Å². The van der Waals surface area contributed by atoms with Gasteiger partial charge in [-0.05, 0) is 46.5 Å². The molecule has 0 aliphatic heterocycles. The van der Waals surface area contributed by atoms with Gasteiger partial charge in [-0.1, -0.05) is 30.3 Å². The summed E-state index contributed by atoms with van der Waals surface area (Å²) in [7, 11) is 0. The molecule has 1 aromatic carbocycles. The Morgan fingerprint density at radius 2 is 2.00 bits per heavy atom. The molecule has 7 heteroatoms. The highest BCUT2D eigenvalue weighted by Crippen LogP contribution is 2.49. The van der Waals surface area contributed by atoms with Crippen molar-refractivity contribution in [3.63, 3.8) is 0 Å². The zero-order valence-corrected chi connectivity index (χ0v) is 15.0. The van der Waals surface area contributed by atoms with Gasteiger partial charge in [0, 0.05) is 0 Å². The van der Waals surface area contributed by atoms with Gasteiger partial charge >= 0.3 is 5.97 Å². The zero-order valence-electron chi connectivity index (χ0n) is 12.6. The van der Waals surface area contributed by atoms with Crippen LogP contribution in [-0.4, -0.2) is 16.2 Å². The van der Waals surface area contributed by atoms with Gasteiger partial charge in [-0.25, -0.2) is 0 Å². The smallest absolute Gasteiger partial charge is 0.317 e. The SMILES string of the molecule is O=C(OCc1nnc(-c2ccc(Br)s2)o1)C1(c2ccccc2)CC1. The maximum absolute atomic E-state index is 12.5. The van der Waals surface area contributed by atoms with Crippen LogP contribution in [0.25, 0.3) is 10.8 Å². The molecule has 0 bridgehead atoms. The van der Waals surface area contributed by atoms with Crippen molar-refractivity contribution >= 4 is 33.2 Å². The minimum Gasteiger partial charge on any atom is -0.455 e. The molecule has 0 unspecified atom stereocenters. The maximum Gasteiger partial charge on any atom is 0.317 e. The third-order valence-electron chi connectivity index (χ3n) is 4.04. The van der Waals surface area contributed by atoms with Crippen molar-refractivity contribution in [1.29, 1.82) is 0 Å². The Bertz CT molecular complexity index is 871. The number of hydrogen-bond acceptors (Lipinski definition) is 6. The lowest BCUT2D eigenvalue weighted by Gasteiger charge is -2.13. The van der Waals surface area contributed by atoms with E-state index in [4.69, 9.17) is 9.15 Å². The summed E-state index contributed by atoms with van der Waals surface area (Å²) >= 11 is 4.90. The highest BCUT2D eigenvalue weighted by Gasteiger charge is 2.52. The Balaban J connectivity index is 1.42. The molecule has 0 N–H and O–H groups in total. The molecule has 1 aliphatic rings. The first kappa shape index (κ1) is 15.5. The second kappa shape index (κ2) is 6.14. The van der Waals surface area contributed by atoms with Crippen LogP contribution in [-0.2, 0) is 21.6 Å². The molecule has 1 saturated carbocycles. The van der Waals surface area contributed by atoms with Gasteiger partial charge in [0.1, 0.15) is 0 Å². The molecular weight excluding hydrogens is 392 g/mol. The van der Waals surface area contributed by atoms with Gasteiger partial charge in [-0.2, -0.15) is 0 Å². The molecule has 2 aromatic heterocycles. The van der Waals surface area contributed by atoms with E-state index in [1.807, 2.05) is 42.5 Å². The number of carbonyl (C=O) groups is 1. The lowest BCUT2D eigenvalue weighted by Crippen LogP contribution is -2.23. The van der Waals surface area contributed by atoms with Crippen LogP contribution >= 0.6 is 27.3 Å². The first-order chi connectivity index (χ1) is 11.7. The number of thiophene rings is 1. The van der Waals surface area contributed by atoms with Gasteiger partial charge < -0.3 is 9.15 Å². The molecule has 2 heterocycles. The first-order valence-electron chi connectivity index (χ1n) is 7.48. The molecule has 1 aliphatic carbocycles. The Kier molecular flexibility index (Phi) is 3.97. The summed E-state index contributed by atoms with van der Waals surface area (Å²) in [5.41, 5.74) is 0.507. The van der Waals surface area contributed by atoms with E-state index in [0.29, 0.717) is 11.8 Å². The van der Waals surface area contributed by atoms with E-state index >= 15 is 0 Å². The minimum atomic E-state index is -0.497. The van der Waals surface area contributed by atoms with E-state index in [1.165, 1.54) is 11.3 Å². The molecule has 24 heavy (non-hydrogen) atoms. The number of halogens is 1. The van der Waals surface area contributed by atoms with Gasteiger partial charge in [-0.15, -0.1) is 21.5 Å². The quantitative estimate of drug-likeness (QED) is 0.591. The lowest BCUT2D eigenvalue weighted by molar-refractivity contribution is -0.148. The van der Waals surface area contributed by atoms with Gasteiger partial charge in [0.15, 0.2) is 6.61 Å². The summed E-state index contributed by atoms with van der Waals surface area (Å²) in [5.74, 6) is 0.500. The van der Waals surface area contributed by atoms with Crippen LogP contribution in [0.5, 0.6) is 0 Å². The summed E-state index contributed by atoms with van der Waals surface area (Å²) in [6.45, 7) is -0.00698. The predicted molar refractivity (Wildman–Crippen MR) is 92.5 cm³/mol. The van der Waals surface area contributed by atoms with Gasteiger partial charge in [0.2, 0.25) is 0 Å². The number of rotatable bonds is 5. The van der Waals surface area contributed by atoms with Crippen molar-refractivity contribution in [3.8, 4) is 10.8 Å². The predicted octanol–water partition coefficient (Wildman–Crippen LogP) is 4.34. The number of esters is 1. The van der Waals surface area contributed by atoms with E-state index < -0.39 is 5.41 Å². The highest BCUT2D eigenvalue weighted by atomic mass is 79.9. The molecule has 1 fully saturated rings. The molecule has 0 radical (unpaired) electrons. The van der Waals surface area contributed by atoms with E-state index in [-0.39, 0.29) is 12.6 Å². The van der Waals surface area contributed by atoms with Crippen LogP contribution in [0.3, 0.4) is 0 Å². The number of carbonyl (C=O) groups excluding carboxylic acids is 1. The average molecular weight is 405 g/mol. The van der Waals surface area contributed by atoms with Crippen molar-refractivity contribution in [2.45, 2.75) is 24.9 Å². The van der Waals surface area contributed by atoms with E-state index in [9.17, 15) is 4.79 Å². The van der Waals surface area contributed by atoms with Gasteiger partial charge in [-0.3, -0.25) is 4.79 Å². The van der Waals surface area contributed by atoms with Crippen LogP contribution in [0.2, 0.25) is 0 Å². The fraction of sp³-hybridized carbons (Fsp3) is 0.235. The monoisotopic (exact) mass is 404 g/mol. The fourth-order valence-electron chi connectivity index (χ4n) is 2.60. The summed E-state index contributed by atoms with van der Waals surface area (Å²) in [6, 6.07) is 13.6. The van der Waals surface area contributed by atoms with Crippen LogP contribution in [0, 0.1) is 0 Å². The second-order valence-corrected chi connectivity index (χ2v) is 8.09. The van der Waals surface area contributed by atoms with Gasteiger partial charge in [0.05, 0.1) is 14.1 Å². The molecule has 0 atom stereocenters. The Labute approximate surface area is 150 Å². The zero-order chi connectivity index (χ0) is 16.6. The number of hydrogen-bond donors (Lipinski definition) is 0. The summed E-state index contributed by atoms with van der Waals surface area (Å²) in [5, 5.41) is 7.94. The summed E-state index contributed by atoms with van der Waals surface area (Å²) in [4.78, 5) is 13.3. The second-order valence-electron chi connectivity index (χ2n) is 5.63. The molecular formula is C17H13BrN2O3S. The normalized spacial score (nSPS) is 15.2. The first-order valence-corrected chi connectivity index (χ1v) is 9.09. The third kappa shape index (κ3) is 2.89. The average Bonchev–Trinajstić information content (AvgIpc) is 3.09. The van der Waals surface area contributed by atoms with Gasteiger partial charge in [0.25, 0.3) is 11.8 Å². The number of aromatic nitrogens is 2. The molecule has 4 rings (SSSR count). The van der Waals surface area contributed by atoms with Crippen LogP contribution in [0.4, 0.5) is 0 Å². The lowest BCUT2D eigenvalue weighted by atomic mass is 9.96. The molecule has 3 aromatic rings. The molecule has 5 nitrogen and oxygen atoms in total. The van der Waals surface area contributed by atoms with E-state index in [1.54, 1.807) is 0 Å². The van der Waals surface area contributed by atoms with Crippen LogP contribution in [0.15, 0.2) is 50.7 Å². The van der Waals surface area contributed by atoms with Crippen LogP contribution < -0.4 is 0 Å². The minimum absolute atomic E-state index is 0.00698. The summed E-state index contributed by atoms with van der Waals surface area (Å²) < 4.78 is 12.0. The van der Waals surface area contributed by atoms with Crippen molar-refractivity contribution < 1.29 is 13.9 Å².